The first kappa shape index (κ1) is 15.7. The SMILES string of the molecule is Cc1cccc(CNC(CN(C)C)c2ccccc2)c1C. The van der Waals surface area contributed by atoms with Crippen LogP contribution in [0.15, 0.2) is 48.5 Å². The van der Waals surface area contributed by atoms with E-state index in [1.165, 1.54) is 22.3 Å². The molecule has 112 valence electrons. The Bertz CT molecular complexity index is 561. The molecule has 1 atom stereocenters. The quantitative estimate of drug-likeness (QED) is 0.869. The summed E-state index contributed by atoms with van der Waals surface area (Å²) >= 11 is 0. The van der Waals surface area contributed by atoms with E-state index >= 15 is 0 Å². The second kappa shape index (κ2) is 7.39. The van der Waals surface area contributed by atoms with Gasteiger partial charge in [0.05, 0.1) is 0 Å². The third kappa shape index (κ3) is 4.42. The van der Waals surface area contributed by atoms with E-state index in [1.807, 2.05) is 0 Å². The second-order valence-corrected chi connectivity index (χ2v) is 5.97. The molecule has 2 aromatic carbocycles. The molecule has 0 bridgehead atoms. The molecule has 0 fully saturated rings. The highest BCUT2D eigenvalue weighted by atomic mass is 15.1. The van der Waals surface area contributed by atoms with Crippen molar-refractivity contribution in [1.29, 1.82) is 0 Å². The highest BCUT2D eigenvalue weighted by molar-refractivity contribution is 5.33. The Morgan fingerprint density at radius 1 is 0.952 bits per heavy atom. The zero-order valence-corrected chi connectivity index (χ0v) is 13.6. The number of aryl methyl sites for hydroxylation is 1. The van der Waals surface area contributed by atoms with Crippen LogP contribution in [0.2, 0.25) is 0 Å². The second-order valence-electron chi connectivity index (χ2n) is 5.97. The Morgan fingerprint density at radius 3 is 2.33 bits per heavy atom. The highest BCUT2D eigenvalue weighted by Crippen LogP contribution is 2.17. The summed E-state index contributed by atoms with van der Waals surface area (Å²) in [5, 5.41) is 3.71. The maximum Gasteiger partial charge on any atom is 0.0451 e. The van der Waals surface area contributed by atoms with E-state index < -0.39 is 0 Å². The average Bonchev–Trinajstić information content (AvgIpc) is 2.48. The molecule has 2 aromatic rings. The van der Waals surface area contributed by atoms with Gasteiger partial charge in [0.25, 0.3) is 0 Å². The van der Waals surface area contributed by atoms with Gasteiger partial charge in [0, 0.05) is 19.1 Å². The molecule has 2 nitrogen and oxygen atoms in total. The van der Waals surface area contributed by atoms with Crippen molar-refractivity contribution in [3.8, 4) is 0 Å². The number of benzene rings is 2. The van der Waals surface area contributed by atoms with E-state index in [-0.39, 0.29) is 0 Å². The van der Waals surface area contributed by atoms with E-state index in [1.54, 1.807) is 0 Å². The molecule has 0 heterocycles. The molecule has 2 heteroatoms. The molecule has 0 amide bonds. The summed E-state index contributed by atoms with van der Waals surface area (Å²) in [5.74, 6) is 0. The van der Waals surface area contributed by atoms with Gasteiger partial charge < -0.3 is 10.2 Å². The van der Waals surface area contributed by atoms with Crippen LogP contribution < -0.4 is 5.32 Å². The summed E-state index contributed by atoms with van der Waals surface area (Å²) in [6, 6.07) is 17.6. The Morgan fingerprint density at radius 2 is 1.67 bits per heavy atom. The Kier molecular flexibility index (Phi) is 5.54. The lowest BCUT2D eigenvalue weighted by atomic mass is 10.0. The molecule has 0 saturated heterocycles. The molecule has 0 aliphatic heterocycles. The van der Waals surface area contributed by atoms with E-state index in [2.05, 4.69) is 86.7 Å². The van der Waals surface area contributed by atoms with Gasteiger partial charge >= 0.3 is 0 Å². The zero-order valence-electron chi connectivity index (χ0n) is 13.6. The lowest BCUT2D eigenvalue weighted by molar-refractivity contribution is 0.340. The third-order valence-electron chi connectivity index (χ3n) is 4.01. The van der Waals surface area contributed by atoms with Gasteiger partial charge in [-0.3, -0.25) is 0 Å². The molecule has 21 heavy (non-hydrogen) atoms. The van der Waals surface area contributed by atoms with Crippen molar-refractivity contribution in [2.45, 2.75) is 26.4 Å². The van der Waals surface area contributed by atoms with Gasteiger partial charge in [-0.25, -0.2) is 0 Å². The summed E-state index contributed by atoms with van der Waals surface area (Å²) in [4.78, 5) is 2.23. The molecule has 0 radical (unpaired) electrons. The van der Waals surface area contributed by atoms with Gasteiger partial charge in [0.2, 0.25) is 0 Å². The van der Waals surface area contributed by atoms with Gasteiger partial charge in [-0.15, -0.1) is 0 Å². The highest BCUT2D eigenvalue weighted by Gasteiger charge is 2.12. The van der Waals surface area contributed by atoms with Gasteiger partial charge in [-0.1, -0.05) is 48.5 Å². The van der Waals surface area contributed by atoms with Gasteiger partial charge in [0.15, 0.2) is 0 Å². The van der Waals surface area contributed by atoms with Crippen molar-refractivity contribution < 1.29 is 0 Å². The van der Waals surface area contributed by atoms with E-state index in [0.717, 1.165) is 13.1 Å². The predicted molar refractivity (Wildman–Crippen MR) is 90.5 cm³/mol. The number of nitrogens with zero attached hydrogens (tertiary/aromatic N) is 1. The van der Waals surface area contributed by atoms with Gasteiger partial charge in [-0.2, -0.15) is 0 Å². The third-order valence-corrected chi connectivity index (χ3v) is 4.01. The number of nitrogens with one attached hydrogen (secondary N) is 1. The van der Waals surface area contributed by atoms with Crippen LogP contribution in [0.4, 0.5) is 0 Å². The van der Waals surface area contributed by atoms with Crippen LogP contribution in [0.25, 0.3) is 0 Å². The van der Waals surface area contributed by atoms with Crippen LogP contribution >= 0.6 is 0 Å². The molecule has 0 aliphatic carbocycles. The summed E-state index contributed by atoms with van der Waals surface area (Å²) in [6.07, 6.45) is 0. The van der Waals surface area contributed by atoms with E-state index in [0.29, 0.717) is 6.04 Å². The fraction of sp³-hybridized carbons (Fsp3) is 0.368. The molecule has 0 aromatic heterocycles. The molecule has 2 rings (SSSR count). The maximum absolute atomic E-state index is 3.71. The number of hydrogen-bond donors (Lipinski definition) is 1. The molecule has 1 N–H and O–H groups in total. The molecule has 0 spiro atoms. The fourth-order valence-electron chi connectivity index (χ4n) is 2.57. The molecular formula is C19H26N2. The number of hydrogen-bond acceptors (Lipinski definition) is 2. The van der Waals surface area contributed by atoms with E-state index in [4.69, 9.17) is 0 Å². The minimum atomic E-state index is 0.348. The Labute approximate surface area is 128 Å². The minimum Gasteiger partial charge on any atom is -0.308 e. The number of rotatable bonds is 6. The standard InChI is InChI=1S/C19H26N2/c1-15-9-8-12-18(16(15)2)13-20-19(14-21(3)4)17-10-6-5-7-11-17/h5-12,19-20H,13-14H2,1-4H3. The first-order valence-electron chi connectivity index (χ1n) is 7.56. The van der Waals surface area contributed by atoms with Gasteiger partial charge in [0.1, 0.15) is 0 Å². The van der Waals surface area contributed by atoms with Crippen molar-refractivity contribution in [3.05, 3.63) is 70.8 Å². The van der Waals surface area contributed by atoms with Crippen LogP contribution in [0, 0.1) is 13.8 Å². The normalized spacial score (nSPS) is 12.6. The largest absolute Gasteiger partial charge is 0.308 e. The number of likely N-dealkylation sites (N-methyl/N-ethyl adjacent to an activating group) is 1. The lowest BCUT2D eigenvalue weighted by Gasteiger charge is -2.23. The Hall–Kier alpha value is -1.64. The lowest BCUT2D eigenvalue weighted by Crippen LogP contribution is -2.31. The van der Waals surface area contributed by atoms with Crippen LogP contribution in [0.3, 0.4) is 0 Å². The molecule has 0 saturated carbocycles. The smallest absolute Gasteiger partial charge is 0.0451 e. The Balaban J connectivity index is 2.11. The maximum atomic E-state index is 3.71. The van der Waals surface area contributed by atoms with Crippen molar-refractivity contribution in [2.24, 2.45) is 0 Å². The van der Waals surface area contributed by atoms with Crippen LogP contribution in [-0.4, -0.2) is 25.5 Å². The average molecular weight is 282 g/mol. The molecule has 0 aliphatic rings. The van der Waals surface area contributed by atoms with Crippen molar-refractivity contribution in [2.75, 3.05) is 20.6 Å². The summed E-state index contributed by atoms with van der Waals surface area (Å²) in [7, 11) is 4.24. The minimum absolute atomic E-state index is 0.348. The monoisotopic (exact) mass is 282 g/mol. The topological polar surface area (TPSA) is 15.3 Å². The van der Waals surface area contributed by atoms with Crippen molar-refractivity contribution in [1.82, 2.24) is 10.2 Å². The summed E-state index contributed by atoms with van der Waals surface area (Å²) in [6.45, 7) is 6.28. The van der Waals surface area contributed by atoms with Crippen molar-refractivity contribution in [3.63, 3.8) is 0 Å². The summed E-state index contributed by atoms with van der Waals surface area (Å²) < 4.78 is 0. The fourth-order valence-corrected chi connectivity index (χ4v) is 2.57. The molecular weight excluding hydrogens is 256 g/mol. The van der Waals surface area contributed by atoms with Crippen LogP contribution in [0.5, 0.6) is 0 Å². The first-order valence-corrected chi connectivity index (χ1v) is 7.56. The predicted octanol–water partition coefficient (Wildman–Crippen LogP) is 3.70. The molecule has 1 unspecified atom stereocenters. The van der Waals surface area contributed by atoms with Crippen molar-refractivity contribution >= 4 is 0 Å². The summed E-state index contributed by atoms with van der Waals surface area (Å²) in [5.41, 5.74) is 5.48. The van der Waals surface area contributed by atoms with Crippen LogP contribution in [0.1, 0.15) is 28.3 Å². The first-order chi connectivity index (χ1) is 10.1. The van der Waals surface area contributed by atoms with E-state index in [9.17, 15) is 0 Å². The zero-order chi connectivity index (χ0) is 15.2. The van der Waals surface area contributed by atoms with Gasteiger partial charge in [-0.05, 0) is 50.2 Å². The van der Waals surface area contributed by atoms with Crippen LogP contribution in [-0.2, 0) is 6.54 Å².